The molecule has 0 bridgehead atoms. The molecule has 1 unspecified atom stereocenters. The van der Waals surface area contributed by atoms with Crippen LogP contribution in [0, 0.1) is 0 Å². The van der Waals surface area contributed by atoms with E-state index in [1.807, 2.05) is 26.8 Å². The molecule has 9 heteroatoms. The molecule has 1 amide bonds. The second-order valence-corrected chi connectivity index (χ2v) is 10.1. The first-order valence-corrected chi connectivity index (χ1v) is 11.9. The third-order valence-electron chi connectivity index (χ3n) is 6.49. The van der Waals surface area contributed by atoms with Crippen LogP contribution < -0.4 is 4.74 Å². The number of ketones is 1. The summed E-state index contributed by atoms with van der Waals surface area (Å²) in [6.07, 6.45) is -1.62. The maximum Gasteiger partial charge on any atom is 0.416 e. The molecule has 1 aromatic heterocycles. The molecule has 1 aliphatic rings. The third-order valence-corrected chi connectivity index (χ3v) is 6.49. The molecule has 1 atom stereocenters. The van der Waals surface area contributed by atoms with Gasteiger partial charge in [-0.2, -0.15) is 13.2 Å². The number of aliphatic hydroxyl groups excluding tert-OH is 1. The molecule has 1 saturated heterocycles. The molecular weight excluding hydrogens is 497 g/mol. The van der Waals surface area contributed by atoms with Gasteiger partial charge in [0.05, 0.1) is 29.9 Å². The molecule has 0 aliphatic carbocycles. The van der Waals surface area contributed by atoms with E-state index in [1.165, 1.54) is 36.5 Å². The van der Waals surface area contributed by atoms with Crippen molar-refractivity contribution in [3.8, 4) is 5.75 Å². The number of hydrogen-bond donors (Lipinski definition) is 1. The number of aromatic nitrogens is 1. The Bertz CT molecular complexity index is 1410. The van der Waals surface area contributed by atoms with Gasteiger partial charge in [-0.15, -0.1) is 0 Å². The first-order valence-electron chi connectivity index (χ1n) is 11.9. The minimum absolute atomic E-state index is 0.183. The number of aliphatic hydroxyl groups is 1. The van der Waals surface area contributed by atoms with E-state index in [0.717, 1.165) is 17.7 Å². The minimum atomic E-state index is -4.57. The fourth-order valence-electron chi connectivity index (χ4n) is 4.48. The Labute approximate surface area is 218 Å². The Morgan fingerprint density at radius 3 is 2.29 bits per heavy atom. The summed E-state index contributed by atoms with van der Waals surface area (Å²) < 4.78 is 45.4. The largest absolute Gasteiger partial charge is 0.507 e. The highest BCUT2D eigenvalue weighted by Crippen LogP contribution is 2.42. The summed E-state index contributed by atoms with van der Waals surface area (Å²) in [6.45, 7) is 5.69. The van der Waals surface area contributed by atoms with E-state index >= 15 is 0 Å². The fraction of sp³-hybridized carbons (Fsp3) is 0.276. The lowest BCUT2D eigenvalue weighted by atomic mass is 9.85. The number of likely N-dealkylation sites (tertiary alicyclic amines) is 1. The maximum absolute atomic E-state index is 13.4. The Hall–Kier alpha value is -4.14. The molecule has 0 spiro atoms. The van der Waals surface area contributed by atoms with Crippen LogP contribution in [0.1, 0.15) is 54.6 Å². The van der Waals surface area contributed by atoms with Crippen LogP contribution in [0.2, 0.25) is 0 Å². The number of amides is 1. The summed E-state index contributed by atoms with van der Waals surface area (Å²) in [4.78, 5) is 31.8. The van der Waals surface area contributed by atoms with E-state index in [2.05, 4.69) is 4.98 Å². The predicted molar refractivity (Wildman–Crippen MR) is 135 cm³/mol. The van der Waals surface area contributed by atoms with E-state index in [4.69, 9.17) is 4.74 Å². The molecule has 2 heterocycles. The molecule has 6 nitrogen and oxygen atoms in total. The summed E-state index contributed by atoms with van der Waals surface area (Å²) in [5.74, 6) is -2.01. The molecule has 2 aromatic carbocycles. The zero-order valence-corrected chi connectivity index (χ0v) is 21.3. The van der Waals surface area contributed by atoms with E-state index in [-0.39, 0.29) is 28.7 Å². The van der Waals surface area contributed by atoms with Crippen LogP contribution in [0.3, 0.4) is 0 Å². The molecule has 0 radical (unpaired) electrons. The van der Waals surface area contributed by atoms with Gasteiger partial charge >= 0.3 is 6.18 Å². The highest BCUT2D eigenvalue weighted by Gasteiger charge is 2.46. The number of rotatable bonds is 5. The predicted octanol–water partition coefficient (Wildman–Crippen LogP) is 6.03. The number of methoxy groups -OCH3 is 1. The lowest BCUT2D eigenvalue weighted by Gasteiger charge is -2.26. The first-order chi connectivity index (χ1) is 17.8. The Kier molecular flexibility index (Phi) is 7.06. The zero-order valence-electron chi connectivity index (χ0n) is 21.3. The normalized spacial score (nSPS) is 17.7. The number of nitrogens with zero attached hydrogens (tertiary/aromatic N) is 2. The molecule has 1 N–H and O–H groups in total. The van der Waals surface area contributed by atoms with Crippen LogP contribution in [-0.4, -0.2) is 33.8 Å². The summed E-state index contributed by atoms with van der Waals surface area (Å²) in [6, 6.07) is 11.9. The first kappa shape index (κ1) is 26.9. The highest BCUT2D eigenvalue weighted by molar-refractivity contribution is 6.46. The minimum Gasteiger partial charge on any atom is -0.507 e. The van der Waals surface area contributed by atoms with E-state index < -0.39 is 35.2 Å². The van der Waals surface area contributed by atoms with Crippen LogP contribution in [-0.2, 0) is 27.7 Å². The maximum atomic E-state index is 13.4. The Morgan fingerprint density at radius 1 is 1.00 bits per heavy atom. The summed E-state index contributed by atoms with van der Waals surface area (Å²) in [5, 5.41) is 11.5. The van der Waals surface area contributed by atoms with Crippen LogP contribution >= 0.6 is 0 Å². The number of alkyl halides is 3. The third kappa shape index (κ3) is 5.14. The van der Waals surface area contributed by atoms with Gasteiger partial charge in [0.15, 0.2) is 0 Å². The van der Waals surface area contributed by atoms with Crippen molar-refractivity contribution in [1.29, 1.82) is 0 Å². The van der Waals surface area contributed by atoms with Gasteiger partial charge in [0.2, 0.25) is 0 Å². The van der Waals surface area contributed by atoms with Gasteiger partial charge in [-0.1, -0.05) is 39.0 Å². The summed E-state index contributed by atoms with van der Waals surface area (Å²) in [7, 11) is 1.43. The van der Waals surface area contributed by atoms with Crippen molar-refractivity contribution in [2.24, 2.45) is 0 Å². The average Bonchev–Trinajstić information content (AvgIpc) is 3.12. The molecule has 3 aromatic rings. The van der Waals surface area contributed by atoms with Crippen LogP contribution in [0.25, 0.3) is 5.76 Å². The topological polar surface area (TPSA) is 79.7 Å². The van der Waals surface area contributed by atoms with Gasteiger partial charge in [-0.05, 0) is 58.5 Å². The van der Waals surface area contributed by atoms with Crippen molar-refractivity contribution in [1.82, 2.24) is 9.88 Å². The standard InChI is InChI=1S/C29H27F3N2O4/c1-28(2,3)19-8-9-22(38-4)21(15-19)25(35)23-24(18-10-12-33-13-11-18)34(27(37)26(23)36)16-17-6-5-7-20(14-17)29(30,31)32/h5-15,24,35H,16H2,1-4H3/b25-23+. The molecule has 4 rings (SSSR count). The van der Waals surface area contributed by atoms with Crippen molar-refractivity contribution in [2.45, 2.75) is 44.9 Å². The van der Waals surface area contributed by atoms with Gasteiger partial charge in [-0.25, -0.2) is 0 Å². The number of carbonyl (C=O) groups is 2. The van der Waals surface area contributed by atoms with E-state index in [9.17, 15) is 27.9 Å². The monoisotopic (exact) mass is 524 g/mol. The van der Waals surface area contributed by atoms with Crippen molar-refractivity contribution in [2.75, 3.05) is 7.11 Å². The van der Waals surface area contributed by atoms with Crippen LogP contribution in [0.4, 0.5) is 13.2 Å². The lowest BCUT2D eigenvalue weighted by molar-refractivity contribution is -0.140. The van der Waals surface area contributed by atoms with Crippen molar-refractivity contribution in [3.63, 3.8) is 0 Å². The second kappa shape index (κ2) is 9.96. The Balaban J connectivity index is 1.89. The highest BCUT2D eigenvalue weighted by atomic mass is 19.4. The van der Waals surface area contributed by atoms with Gasteiger partial charge in [0, 0.05) is 18.9 Å². The van der Waals surface area contributed by atoms with Gasteiger partial charge in [-0.3, -0.25) is 14.6 Å². The summed E-state index contributed by atoms with van der Waals surface area (Å²) in [5.41, 5.74) is 0.413. The van der Waals surface area contributed by atoms with Crippen molar-refractivity contribution in [3.05, 3.63) is 100 Å². The number of ether oxygens (including phenoxy) is 1. The summed E-state index contributed by atoms with van der Waals surface area (Å²) >= 11 is 0. The average molecular weight is 525 g/mol. The van der Waals surface area contributed by atoms with Gasteiger partial charge in [0.25, 0.3) is 11.7 Å². The zero-order chi connectivity index (χ0) is 27.8. The second-order valence-electron chi connectivity index (χ2n) is 10.1. The molecule has 198 valence electrons. The van der Waals surface area contributed by atoms with Crippen molar-refractivity contribution < 1.29 is 32.6 Å². The molecule has 1 fully saturated rings. The quantitative estimate of drug-likeness (QED) is 0.251. The fourth-order valence-corrected chi connectivity index (χ4v) is 4.48. The number of Topliss-reactive ketones (excluding diaryl/α,β-unsaturated/α-hetero) is 1. The number of halogens is 3. The number of carbonyl (C=O) groups excluding carboxylic acids is 2. The molecular formula is C29H27F3N2O4. The smallest absolute Gasteiger partial charge is 0.416 e. The number of pyridine rings is 1. The van der Waals surface area contributed by atoms with Crippen LogP contribution in [0.5, 0.6) is 5.75 Å². The van der Waals surface area contributed by atoms with Crippen molar-refractivity contribution >= 4 is 17.4 Å². The molecule has 38 heavy (non-hydrogen) atoms. The van der Waals surface area contributed by atoms with Gasteiger partial charge < -0.3 is 14.7 Å². The van der Waals surface area contributed by atoms with Crippen LogP contribution in [0.15, 0.2) is 72.6 Å². The number of benzene rings is 2. The SMILES string of the molecule is COc1ccc(C(C)(C)C)cc1/C(O)=C1\C(=O)C(=O)N(Cc2cccc(C(F)(F)F)c2)C1c1ccncc1. The van der Waals surface area contributed by atoms with E-state index in [1.54, 1.807) is 24.3 Å². The Morgan fingerprint density at radius 2 is 1.68 bits per heavy atom. The lowest BCUT2D eigenvalue weighted by Crippen LogP contribution is -2.29. The van der Waals surface area contributed by atoms with E-state index in [0.29, 0.717) is 11.3 Å². The molecule has 0 saturated carbocycles. The van der Waals surface area contributed by atoms with Gasteiger partial charge in [0.1, 0.15) is 11.5 Å². The molecule has 1 aliphatic heterocycles. The number of hydrogen-bond acceptors (Lipinski definition) is 5.